The lowest BCUT2D eigenvalue weighted by Crippen LogP contribution is -2.37. The first-order valence-corrected chi connectivity index (χ1v) is 7.69. The summed E-state index contributed by atoms with van der Waals surface area (Å²) in [6, 6.07) is 7.23. The Hall–Kier alpha value is -1.62. The molecule has 0 heterocycles. The number of nitrogens with zero attached hydrogens (tertiary/aromatic N) is 1. The fraction of sp³-hybridized carbons (Fsp3) is 0.500. The number of carbonyl (C=O) groups is 1. The van der Waals surface area contributed by atoms with Crippen molar-refractivity contribution < 1.29 is 9.53 Å². The number of rotatable bonds is 8. The molecule has 116 valence electrons. The van der Waals surface area contributed by atoms with Gasteiger partial charge in [-0.25, -0.2) is 0 Å². The van der Waals surface area contributed by atoms with E-state index in [-0.39, 0.29) is 17.5 Å². The third-order valence-corrected chi connectivity index (χ3v) is 3.69. The SMILES string of the molecule is CCC(C)CN(CC)C(=O)COc1ccccc1C(N)=S. The topological polar surface area (TPSA) is 55.6 Å². The van der Waals surface area contributed by atoms with Gasteiger partial charge >= 0.3 is 0 Å². The predicted molar refractivity (Wildman–Crippen MR) is 89.5 cm³/mol. The van der Waals surface area contributed by atoms with Gasteiger partial charge < -0.3 is 15.4 Å². The minimum Gasteiger partial charge on any atom is -0.483 e. The summed E-state index contributed by atoms with van der Waals surface area (Å²) in [5.74, 6) is 1.02. The van der Waals surface area contributed by atoms with Crippen molar-refractivity contribution in [3.05, 3.63) is 29.8 Å². The fourth-order valence-electron chi connectivity index (χ4n) is 1.94. The second-order valence-corrected chi connectivity index (χ2v) is 5.53. The van der Waals surface area contributed by atoms with Crippen molar-refractivity contribution in [1.29, 1.82) is 0 Å². The van der Waals surface area contributed by atoms with Gasteiger partial charge in [-0.15, -0.1) is 0 Å². The Morgan fingerprint density at radius 3 is 2.62 bits per heavy atom. The van der Waals surface area contributed by atoms with Crippen molar-refractivity contribution in [2.75, 3.05) is 19.7 Å². The molecule has 21 heavy (non-hydrogen) atoms. The van der Waals surface area contributed by atoms with Gasteiger partial charge in [0.1, 0.15) is 10.7 Å². The summed E-state index contributed by atoms with van der Waals surface area (Å²) in [5.41, 5.74) is 6.30. The molecule has 0 bridgehead atoms. The monoisotopic (exact) mass is 308 g/mol. The summed E-state index contributed by atoms with van der Waals surface area (Å²) in [7, 11) is 0. The molecular weight excluding hydrogens is 284 g/mol. The van der Waals surface area contributed by atoms with Gasteiger partial charge in [0, 0.05) is 13.1 Å². The van der Waals surface area contributed by atoms with E-state index in [2.05, 4.69) is 13.8 Å². The zero-order chi connectivity index (χ0) is 15.8. The summed E-state index contributed by atoms with van der Waals surface area (Å²) in [6.45, 7) is 7.68. The standard InChI is InChI=1S/C16H24N2O2S/c1-4-12(3)10-18(5-2)15(19)11-20-14-9-7-6-8-13(14)16(17)21/h6-9,12H,4-5,10-11H2,1-3H3,(H2,17,21). The molecule has 1 amide bonds. The molecule has 0 spiro atoms. The number of para-hydroxylation sites is 1. The van der Waals surface area contributed by atoms with Crippen molar-refractivity contribution in [2.24, 2.45) is 11.7 Å². The molecule has 1 aromatic carbocycles. The Kier molecular flexibility index (Phi) is 7.15. The van der Waals surface area contributed by atoms with E-state index in [9.17, 15) is 4.79 Å². The molecule has 0 saturated heterocycles. The number of hydrogen-bond donors (Lipinski definition) is 1. The van der Waals surface area contributed by atoms with E-state index in [1.54, 1.807) is 12.1 Å². The first-order chi connectivity index (χ1) is 9.99. The summed E-state index contributed by atoms with van der Waals surface area (Å²) in [6.07, 6.45) is 1.05. The van der Waals surface area contributed by atoms with Gasteiger partial charge in [0.25, 0.3) is 5.91 Å². The van der Waals surface area contributed by atoms with Crippen LogP contribution >= 0.6 is 12.2 Å². The molecule has 0 aromatic heterocycles. The number of likely N-dealkylation sites (N-methyl/N-ethyl adjacent to an activating group) is 1. The number of benzene rings is 1. The maximum absolute atomic E-state index is 12.2. The van der Waals surface area contributed by atoms with Crippen LogP contribution in [-0.4, -0.2) is 35.5 Å². The first-order valence-electron chi connectivity index (χ1n) is 7.28. The van der Waals surface area contributed by atoms with Crippen LogP contribution in [0.25, 0.3) is 0 Å². The molecule has 1 aromatic rings. The fourth-order valence-corrected chi connectivity index (χ4v) is 2.11. The minimum absolute atomic E-state index is 0.00387. The summed E-state index contributed by atoms with van der Waals surface area (Å²) < 4.78 is 5.60. The molecule has 0 aliphatic heterocycles. The van der Waals surface area contributed by atoms with Crippen LogP contribution in [0.2, 0.25) is 0 Å². The predicted octanol–water partition coefficient (Wildman–Crippen LogP) is 2.59. The first kappa shape index (κ1) is 17.4. The van der Waals surface area contributed by atoms with E-state index in [0.717, 1.165) is 13.0 Å². The summed E-state index contributed by atoms with van der Waals surface area (Å²) in [5, 5.41) is 0. The molecule has 1 atom stereocenters. The van der Waals surface area contributed by atoms with Crippen LogP contribution in [0.15, 0.2) is 24.3 Å². The van der Waals surface area contributed by atoms with Gasteiger partial charge in [-0.2, -0.15) is 0 Å². The highest BCUT2D eigenvalue weighted by Gasteiger charge is 2.15. The normalized spacial score (nSPS) is 11.8. The molecule has 1 unspecified atom stereocenters. The Balaban J connectivity index is 2.65. The molecule has 1 rings (SSSR count). The largest absolute Gasteiger partial charge is 0.483 e. The van der Waals surface area contributed by atoms with Crippen molar-refractivity contribution in [1.82, 2.24) is 4.90 Å². The maximum Gasteiger partial charge on any atom is 0.260 e. The van der Waals surface area contributed by atoms with Crippen LogP contribution in [0.3, 0.4) is 0 Å². The van der Waals surface area contributed by atoms with Gasteiger partial charge in [0.15, 0.2) is 6.61 Å². The van der Waals surface area contributed by atoms with Crippen LogP contribution in [-0.2, 0) is 4.79 Å². The Labute approximate surface area is 132 Å². The van der Waals surface area contributed by atoms with Crippen molar-refractivity contribution in [3.63, 3.8) is 0 Å². The van der Waals surface area contributed by atoms with Gasteiger partial charge in [0.05, 0.1) is 5.56 Å². The van der Waals surface area contributed by atoms with Crippen molar-refractivity contribution in [2.45, 2.75) is 27.2 Å². The minimum atomic E-state index is -0.0180. The lowest BCUT2D eigenvalue weighted by molar-refractivity contribution is -0.133. The average molecular weight is 308 g/mol. The maximum atomic E-state index is 12.2. The van der Waals surface area contributed by atoms with Crippen LogP contribution in [0.4, 0.5) is 0 Å². The summed E-state index contributed by atoms with van der Waals surface area (Å²) in [4.78, 5) is 14.3. The van der Waals surface area contributed by atoms with E-state index < -0.39 is 0 Å². The number of hydrogen-bond acceptors (Lipinski definition) is 3. The van der Waals surface area contributed by atoms with E-state index in [0.29, 0.717) is 23.8 Å². The van der Waals surface area contributed by atoms with Crippen molar-refractivity contribution in [3.8, 4) is 5.75 Å². The lowest BCUT2D eigenvalue weighted by atomic mass is 10.1. The smallest absolute Gasteiger partial charge is 0.260 e. The Bertz CT molecular complexity index is 491. The molecule has 0 radical (unpaired) electrons. The Morgan fingerprint density at radius 2 is 2.05 bits per heavy atom. The second kappa shape index (κ2) is 8.62. The van der Waals surface area contributed by atoms with Crippen LogP contribution < -0.4 is 10.5 Å². The van der Waals surface area contributed by atoms with Crippen molar-refractivity contribution >= 4 is 23.1 Å². The van der Waals surface area contributed by atoms with Crippen LogP contribution in [0.1, 0.15) is 32.8 Å². The molecule has 5 heteroatoms. The number of nitrogens with two attached hydrogens (primary N) is 1. The quantitative estimate of drug-likeness (QED) is 0.750. The highest BCUT2D eigenvalue weighted by molar-refractivity contribution is 7.80. The zero-order valence-corrected chi connectivity index (χ0v) is 13.8. The molecular formula is C16H24N2O2S. The van der Waals surface area contributed by atoms with E-state index in [1.165, 1.54) is 0 Å². The number of amides is 1. The molecule has 0 aliphatic carbocycles. The number of thiocarbonyl (C=S) groups is 1. The van der Waals surface area contributed by atoms with Crippen LogP contribution in [0, 0.1) is 5.92 Å². The number of ether oxygens (including phenoxy) is 1. The zero-order valence-electron chi connectivity index (χ0n) is 13.0. The molecule has 0 saturated carbocycles. The van der Waals surface area contributed by atoms with Gasteiger partial charge in [-0.3, -0.25) is 4.79 Å². The van der Waals surface area contributed by atoms with E-state index in [4.69, 9.17) is 22.7 Å². The highest BCUT2D eigenvalue weighted by Crippen LogP contribution is 2.17. The van der Waals surface area contributed by atoms with E-state index >= 15 is 0 Å². The summed E-state index contributed by atoms with van der Waals surface area (Å²) >= 11 is 4.98. The average Bonchev–Trinajstić information content (AvgIpc) is 2.49. The van der Waals surface area contributed by atoms with Gasteiger partial charge in [-0.05, 0) is 25.0 Å². The van der Waals surface area contributed by atoms with Gasteiger partial charge in [-0.1, -0.05) is 44.6 Å². The molecule has 4 nitrogen and oxygen atoms in total. The lowest BCUT2D eigenvalue weighted by Gasteiger charge is -2.24. The molecule has 2 N–H and O–H groups in total. The number of carbonyl (C=O) groups excluding carboxylic acids is 1. The van der Waals surface area contributed by atoms with Crippen LogP contribution in [0.5, 0.6) is 5.75 Å². The Morgan fingerprint density at radius 1 is 1.38 bits per heavy atom. The molecule has 0 aliphatic rings. The third-order valence-electron chi connectivity index (χ3n) is 3.47. The highest BCUT2D eigenvalue weighted by atomic mass is 32.1. The third kappa shape index (κ3) is 5.34. The second-order valence-electron chi connectivity index (χ2n) is 5.09. The molecule has 0 fully saturated rings. The van der Waals surface area contributed by atoms with Gasteiger partial charge in [0.2, 0.25) is 0 Å². The van der Waals surface area contributed by atoms with E-state index in [1.807, 2.05) is 24.0 Å².